The summed E-state index contributed by atoms with van der Waals surface area (Å²) in [7, 11) is 0. The number of aryl methyl sites for hydroxylation is 1. The summed E-state index contributed by atoms with van der Waals surface area (Å²) >= 11 is 0. The summed E-state index contributed by atoms with van der Waals surface area (Å²) < 4.78 is 1.80. The molecule has 1 rings (SSSR count). The van der Waals surface area contributed by atoms with Gasteiger partial charge in [-0.15, -0.1) is 0 Å². The maximum absolute atomic E-state index is 9.22. The number of hydrogen-bond donors (Lipinski definition) is 1. The Morgan fingerprint density at radius 1 is 1.50 bits per heavy atom. The number of aromatic nitrogens is 3. The van der Waals surface area contributed by atoms with Crippen LogP contribution in [0, 0.1) is 11.3 Å². The molecule has 0 fully saturated rings. The molecule has 0 bridgehead atoms. The summed E-state index contributed by atoms with van der Waals surface area (Å²) in [5.41, 5.74) is -0.380. The van der Waals surface area contributed by atoms with Gasteiger partial charge in [0.05, 0.1) is 6.07 Å². The molecule has 1 N–H and O–H groups in total. The fraction of sp³-hybridized carbons (Fsp3) is 0.727. The van der Waals surface area contributed by atoms with E-state index in [2.05, 4.69) is 21.5 Å². The Morgan fingerprint density at radius 3 is 2.81 bits per heavy atom. The van der Waals surface area contributed by atoms with Crippen LogP contribution in [0.4, 0.5) is 0 Å². The number of nitrogens with one attached hydrogen (secondary N) is 1. The maximum Gasteiger partial charge on any atom is 0.137 e. The predicted molar refractivity (Wildman–Crippen MR) is 61.6 cm³/mol. The Morgan fingerprint density at radius 2 is 2.31 bits per heavy atom. The van der Waals surface area contributed by atoms with E-state index in [0.29, 0.717) is 0 Å². The van der Waals surface area contributed by atoms with Gasteiger partial charge in [-0.25, -0.2) is 4.98 Å². The molecule has 1 unspecified atom stereocenters. The second kappa shape index (κ2) is 6.23. The minimum atomic E-state index is -0.380. The fourth-order valence-corrected chi connectivity index (χ4v) is 1.79. The fourth-order valence-electron chi connectivity index (χ4n) is 1.79. The summed E-state index contributed by atoms with van der Waals surface area (Å²) in [6.07, 6.45) is 5.83. The van der Waals surface area contributed by atoms with Crippen molar-refractivity contribution < 1.29 is 0 Å². The van der Waals surface area contributed by atoms with Crippen molar-refractivity contribution in [2.45, 2.75) is 45.2 Å². The zero-order valence-corrected chi connectivity index (χ0v) is 9.98. The standard InChI is InChI=1S/C11H19N5/c1-3-11(8-12,14-4-2)6-5-7-16-10-13-9-15-16/h9-10,14H,3-7H2,1-2H3. The normalized spacial score (nSPS) is 14.3. The van der Waals surface area contributed by atoms with E-state index < -0.39 is 0 Å². The van der Waals surface area contributed by atoms with Crippen LogP contribution >= 0.6 is 0 Å². The number of hydrogen-bond acceptors (Lipinski definition) is 4. The predicted octanol–water partition coefficient (Wildman–Crippen LogP) is 1.34. The van der Waals surface area contributed by atoms with Gasteiger partial charge in [0.15, 0.2) is 0 Å². The van der Waals surface area contributed by atoms with E-state index in [1.54, 1.807) is 11.0 Å². The molecule has 0 amide bonds. The van der Waals surface area contributed by atoms with E-state index in [1.807, 2.05) is 13.8 Å². The van der Waals surface area contributed by atoms with Crippen LogP contribution in [-0.2, 0) is 6.54 Å². The van der Waals surface area contributed by atoms with Crippen molar-refractivity contribution in [3.8, 4) is 6.07 Å². The first-order valence-electron chi connectivity index (χ1n) is 5.75. The van der Waals surface area contributed by atoms with Crippen LogP contribution in [0.1, 0.15) is 33.1 Å². The largest absolute Gasteiger partial charge is 0.300 e. The number of nitriles is 1. The summed E-state index contributed by atoms with van der Waals surface area (Å²) in [5.74, 6) is 0. The number of nitrogens with zero attached hydrogens (tertiary/aromatic N) is 4. The third-order valence-corrected chi connectivity index (χ3v) is 2.79. The van der Waals surface area contributed by atoms with Gasteiger partial charge in [-0.1, -0.05) is 13.8 Å². The molecule has 0 aliphatic carbocycles. The highest BCUT2D eigenvalue weighted by Crippen LogP contribution is 2.16. The lowest BCUT2D eigenvalue weighted by atomic mass is 9.92. The van der Waals surface area contributed by atoms with Crippen molar-refractivity contribution in [3.63, 3.8) is 0 Å². The Labute approximate surface area is 96.5 Å². The first-order valence-corrected chi connectivity index (χ1v) is 5.75. The first kappa shape index (κ1) is 12.7. The van der Waals surface area contributed by atoms with Crippen LogP contribution in [0.15, 0.2) is 12.7 Å². The van der Waals surface area contributed by atoms with Gasteiger partial charge in [-0.05, 0) is 25.8 Å². The van der Waals surface area contributed by atoms with Crippen LogP contribution < -0.4 is 5.32 Å². The van der Waals surface area contributed by atoms with Gasteiger partial charge in [0, 0.05) is 6.54 Å². The molecule has 1 aromatic heterocycles. The lowest BCUT2D eigenvalue weighted by molar-refractivity contribution is 0.358. The third kappa shape index (κ3) is 3.31. The van der Waals surface area contributed by atoms with Crippen LogP contribution in [0.2, 0.25) is 0 Å². The van der Waals surface area contributed by atoms with E-state index in [9.17, 15) is 5.26 Å². The highest BCUT2D eigenvalue weighted by Gasteiger charge is 2.25. The molecule has 0 saturated heterocycles. The highest BCUT2D eigenvalue weighted by molar-refractivity contribution is 5.05. The molecule has 5 nitrogen and oxygen atoms in total. The van der Waals surface area contributed by atoms with Gasteiger partial charge in [0.25, 0.3) is 0 Å². The van der Waals surface area contributed by atoms with Crippen molar-refractivity contribution in [2.75, 3.05) is 6.54 Å². The molecule has 0 aliphatic rings. The zero-order chi connectivity index (χ0) is 11.9. The average Bonchev–Trinajstić information content (AvgIpc) is 2.81. The van der Waals surface area contributed by atoms with Crippen LogP contribution in [0.5, 0.6) is 0 Å². The second-order valence-corrected chi connectivity index (χ2v) is 3.84. The zero-order valence-electron chi connectivity index (χ0n) is 9.98. The molecule has 1 heterocycles. The lowest BCUT2D eigenvalue weighted by Gasteiger charge is -2.25. The minimum absolute atomic E-state index is 0.380. The van der Waals surface area contributed by atoms with Crippen molar-refractivity contribution >= 4 is 0 Å². The smallest absolute Gasteiger partial charge is 0.137 e. The van der Waals surface area contributed by atoms with Gasteiger partial charge in [-0.3, -0.25) is 10.00 Å². The highest BCUT2D eigenvalue weighted by atomic mass is 15.3. The molecule has 1 aromatic rings. The molecule has 0 saturated carbocycles. The molecule has 1 atom stereocenters. The summed E-state index contributed by atoms with van der Waals surface area (Å²) in [4.78, 5) is 3.89. The van der Waals surface area contributed by atoms with Gasteiger partial charge >= 0.3 is 0 Å². The van der Waals surface area contributed by atoms with Crippen LogP contribution in [-0.4, -0.2) is 26.8 Å². The third-order valence-electron chi connectivity index (χ3n) is 2.79. The minimum Gasteiger partial charge on any atom is -0.300 e. The van der Waals surface area contributed by atoms with E-state index >= 15 is 0 Å². The molecule has 16 heavy (non-hydrogen) atoms. The molecule has 0 spiro atoms. The molecule has 0 aromatic carbocycles. The van der Waals surface area contributed by atoms with E-state index in [-0.39, 0.29) is 5.54 Å². The number of rotatable bonds is 7. The summed E-state index contributed by atoms with van der Waals surface area (Å²) in [6.45, 7) is 5.71. The van der Waals surface area contributed by atoms with Crippen LogP contribution in [0.3, 0.4) is 0 Å². The van der Waals surface area contributed by atoms with Crippen LogP contribution in [0.25, 0.3) is 0 Å². The summed E-state index contributed by atoms with van der Waals surface area (Å²) in [6, 6.07) is 2.39. The Bertz CT molecular complexity index is 327. The molecule has 0 aliphatic heterocycles. The molecular weight excluding hydrogens is 202 g/mol. The van der Waals surface area contributed by atoms with Gasteiger partial charge in [0.2, 0.25) is 0 Å². The topological polar surface area (TPSA) is 66.5 Å². The molecule has 5 heteroatoms. The average molecular weight is 221 g/mol. The Balaban J connectivity index is 2.41. The van der Waals surface area contributed by atoms with Crippen molar-refractivity contribution in [1.29, 1.82) is 5.26 Å². The maximum atomic E-state index is 9.22. The summed E-state index contributed by atoms with van der Waals surface area (Å²) in [5, 5.41) is 16.5. The van der Waals surface area contributed by atoms with Gasteiger partial charge in [-0.2, -0.15) is 10.4 Å². The quantitative estimate of drug-likeness (QED) is 0.754. The van der Waals surface area contributed by atoms with Crippen molar-refractivity contribution in [2.24, 2.45) is 0 Å². The lowest BCUT2D eigenvalue weighted by Crippen LogP contribution is -2.43. The Kier molecular flexibility index (Phi) is 4.93. The van der Waals surface area contributed by atoms with Gasteiger partial charge in [0.1, 0.15) is 18.2 Å². The van der Waals surface area contributed by atoms with E-state index in [4.69, 9.17) is 0 Å². The van der Waals surface area contributed by atoms with Gasteiger partial charge < -0.3 is 0 Å². The first-order chi connectivity index (χ1) is 7.76. The van der Waals surface area contributed by atoms with E-state index in [0.717, 1.165) is 32.4 Å². The molecule has 0 radical (unpaired) electrons. The van der Waals surface area contributed by atoms with E-state index in [1.165, 1.54) is 6.33 Å². The SMILES string of the molecule is CCNC(C#N)(CC)CCCn1cncn1. The monoisotopic (exact) mass is 221 g/mol. The molecule has 88 valence electrons. The van der Waals surface area contributed by atoms with Crippen molar-refractivity contribution in [1.82, 2.24) is 20.1 Å². The molecular formula is C11H19N5. The van der Waals surface area contributed by atoms with Crippen molar-refractivity contribution in [3.05, 3.63) is 12.7 Å². The Hall–Kier alpha value is -1.41. The second-order valence-electron chi connectivity index (χ2n) is 3.84.